The molecular formula is C15H21FN2O2S. The van der Waals surface area contributed by atoms with Crippen molar-refractivity contribution in [3.63, 3.8) is 0 Å². The highest BCUT2D eigenvalue weighted by Crippen LogP contribution is 2.23. The maximum Gasteiger partial charge on any atom is 0.246 e. The average Bonchev–Trinajstić information content (AvgIpc) is 2.45. The van der Waals surface area contributed by atoms with E-state index in [9.17, 15) is 12.8 Å². The molecule has 4 nitrogen and oxygen atoms in total. The topological polar surface area (TPSA) is 49.4 Å². The fourth-order valence-electron chi connectivity index (χ4n) is 2.35. The second-order valence-corrected chi connectivity index (χ2v) is 7.13. The van der Waals surface area contributed by atoms with Crippen LogP contribution in [-0.4, -0.2) is 32.4 Å². The summed E-state index contributed by atoms with van der Waals surface area (Å²) < 4.78 is 40.6. The Morgan fingerprint density at radius 3 is 2.76 bits per heavy atom. The van der Waals surface area contributed by atoms with Gasteiger partial charge in [-0.25, -0.2) is 12.8 Å². The molecule has 0 unspecified atom stereocenters. The largest absolute Gasteiger partial charge is 0.313 e. The lowest BCUT2D eigenvalue weighted by molar-refractivity contribution is 0.423. The number of sulfonamides is 1. The molecule has 0 bridgehead atoms. The van der Waals surface area contributed by atoms with Gasteiger partial charge >= 0.3 is 0 Å². The Morgan fingerprint density at radius 2 is 2.14 bits per heavy atom. The van der Waals surface area contributed by atoms with Gasteiger partial charge in [0, 0.05) is 19.6 Å². The van der Waals surface area contributed by atoms with Crippen LogP contribution in [0.2, 0.25) is 0 Å². The lowest BCUT2D eigenvalue weighted by Gasteiger charge is -2.25. The molecule has 21 heavy (non-hydrogen) atoms. The van der Waals surface area contributed by atoms with Crippen LogP contribution in [-0.2, 0) is 16.6 Å². The standard InChI is InChI=1S/C15H21FN2O2S/c1-3-17-10-13-6-7-15(14(16)9-13)21(19,20)18-8-4-5-12(2)11-18/h5-7,9,17H,3-4,8,10-11H2,1-2H3. The zero-order chi connectivity index (χ0) is 15.5. The van der Waals surface area contributed by atoms with Crippen molar-refractivity contribution in [1.29, 1.82) is 0 Å². The zero-order valence-corrected chi connectivity index (χ0v) is 13.2. The first-order chi connectivity index (χ1) is 9.95. The lowest BCUT2D eigenvalue weighted by atomic mass is 10.2. The third kappa shape index (κ3) is 3.70. The van der Waals surface area contributed by atoms with Crippen LogP contribution in [0, 0.1) is 5.82 Å². The van der Waals surface area contributed by atoms with Crippen LogP contribution in [0.3, 0.4) is 0 Å². The fourth-order valence-corrected chi connectivity index (χ4v) is 3.90. The van der Waals surface area contributed by atoms with Crippen LogP contribution in [0.25, 0.3) is 0 Å². The van der Waals surface area contributed by atoms with Gasteiger partial charge in [0.2, 0.25) is 10.0 Å². The van der Waals surface area contributed by atoms with Crippen molar-refractivity contribution in [2.75, 3.05) is 19.6 Å². The molecule has 1 aromatic rings. The van der Waals surface area contributed by atoms with Crippen LogP contribution < -0.4 is 5.32 Å². The maximum atomic E-state index is 14.2. The van der Waals surface area contributed by atoms with Gasteiger partial charge in [0.05, 0.1) is 0 Å². The molecule has 0 radical (unpaired) electrons. The molecule has 1 N–H and O–H groups in total. The molecule has 2 rings (SSSR count). The van der Waals surface area contributed by atoms with Crippen LogP contribution >= 0.6 is 0 Å². The van der Waals surface area contributed by atoms with Gasteiger partial charge in [-0.2, -0.15) is 4.31 Å². The Morgan fingerprint density at radius 1 is 1.38 bits per heavy atom. The van der Waals surface area contributed by atoms with E-state index in [0.29, 0.717) is 26.1 Å². The van der Waals surface area contributed by atoms with Crippen LogP contribution in [0.5, 0.6) is 0 Å². The van der Waals surface area contributed by atoms with Crippen molar-refractivity contribution >= 4 is 10.0 Å². The highest BCUT2D eigenvalue weighted by molar-refractivity contribution is 7.89. The summed E-state index contributed by atoms with van der Waals surface area (Å²) in [5.41, 5.74) is 1.73. The number of nitrogens with one attached hydrogen (secondary N) is 1. The molecule has 6 heteroatoms. The summed E-state index contributed by atoms with van der Waals surface area (Å²) in [4.78, 5) is -0.238. The van der Waals surface area contributed by atoms with E-state index in [1.807, 2.05) is 19.9 Å². The van der Waals surface area contributed by atoms with Crippen LogP contribution in [0.4, 0.5) is 4.39 Å². The predicted octanol–water partition coefficient (Wildman–Crippen LogP) is 2.28. The minimum Gasteiger partial charge on any atom is -0.313 e. The second kappa shape index (κ2) is 6.68. The van der Waals surface area contributed by atoms with Crippen molar-refractivity contribution in [2.24, 2.45) is 0 Å². The monoisotopic (exact) mass is 312 g/mol. The minimum absolute atomic E-state index is 0.238. The van der Waals surface area contributed by atoms with Crippen LogP contribution in [0.1, 0.15) is 25.8 Å². The van der Waals surface area contributed by atoms with Crippen molar-refractivity contribution in [3.05, 3.63) is 41.2 Å². The Hall–Kier alpha value is -1.24. The number of nitrogens with zero attached hydrogens (tertiary/aromatic N) is 1. The average molecular weight is 312 g/mol. The summed E-state index contributed by atoms with van der Waals surface area (Å²) in [6.07, 6.45) is 2.69. The second-order valence-electron chi connectivity index (χ2n) is 5.22. The van der Waals surface area contributed by atoms with E-state index in [-0.39, 0.29) is 4.90 Å². The summed E-state index contributed by atoms with van der Waals surface area (Å²) >= 11 is 0. The zero-order valence-electron chi connectivity index (χ0n) is 12.4. The molecule has 1 aliphatic heterocycles. The highest BCUT2D eigenvalue weighted by atomic mass is 32.2. The van der Waals surface area contributed by atoms with Gasteiger partial charge in [0.25, 0.3) is 0 Å². The van der Waals surface area contributed by atoms with E-state index < -0.39 is 15.8 Å². The van der Waals surface area contributed by atoms with Crippen molar-refractivity contribution in [1.82, 2.24) is 9.62 Å². The molecule has 0 fully saturated rings. The summed E-state index contributed by atoms with van der Waals surface area (Å²) in [6, 6.07) is 4.32. The predicted molar refractivity (Wildman–Crippen MR) is 80.9 cm³/mol. The number of rotatable bonds is 5. The number of hydrogen-bond donors (Lipinski definition) is 1. The summed E-state index contributed by atoms with van der Waals surface area (Å²) in [6.45, 7) is 5.89. The maximum absolute atomic E-state index is 14.2. The summed E-state index contributed by atoms with van der Waals surface area (Å²) in [7, 11) is -3.77. The molecule has 0 atom stereocenters. The molecule has 1 heterocycles. The molecule has 1 aliphatic rings. The Bertz CT molecular complexity index is 641. The normalized spacial score (nSPS) is 16.8. The van der Waals surface area contributed by atoms with Gasteiger partial charge < -0.3 is 5.32 Å². The van der Waals surface area contributed by atoms with Crippen molar-refractivity contribution in [2.45, 2.75) is 31.7 Å². The molecular weight excluding hydrogens is 291 g/mol. The quantitative estimate of drug-likeness (QED) is 0.849. The lowest BCUT2D eigenvalue weighted by Crippen LogP contribution is -2.35. The third-order valence-corrected chi connectivity index (χ3v) is 5.37. The molecule has 0 aliphatic carbocycles. The van der Waals surface area contributed by atoms with E-state index in [1.54, 1.807) is 6.07 Å². The van der Waals surface area contributed by atoms with Gasteiger partial charge in [-0.15, -0.1) is 0 Å². The molecule has 116 valence electrons. The fraction of sp³-hybridized carbons (Fsp3) is 0.467. The molecule has 0 saturated carbocycles. The van der Waals surface area contributed by atoms with E-state index in [2.05, 4.69) is 5.32 Å². The molecule has 0 spiro atoms. The number of hydrogen-bond acceptors (Lipinski definition) is 3. The summed E-state index contributed by atoms with van der Waals surface area (Å²) in [5, 5.41) is 3.09. The van der Waals surface area contributed by atoms with Crippen molar-refractivity contribution < 1.29 is 12.8 Å². The van der Waals surface area contributed by atoms with E-state index in [1.165, 1.54) is 16.4 Å². The van der Waals surface area contributed by atoms with Gasteiger partial charge in [-0.1, -0.05) is 24.6 Å². The number of halogens is 1. The minimum atomic E-state index is -3.77. The van der Waals surface area contributed by atoms with Crippen LogP contribution in [0.15, 0.2) is 34.7 Å². The SMILES string of the molecule is CCNCc1ccc(S(=O)(=O)N2CCC=C(C)C2)c(F)c1. The summed E-state index contributed by atoms with van der Waals surface area (Å²) in [5.74, 6) is -0.683. The first-order valence-electron chi connectivity index (χ1n) is 7.10. The number of benzene rings is 1. The first kappa shape index (κ1) is 16.1. The van der Waals surface area contributed by atoms with Gasteiger partial charge in [-0.3, -0.25) is 0 Å². The van der Waals surface area contributed by atoms with Gasteiger partial charge in [0.1, 0.15) is 10.7 Å². The highest BCUT2D eigenvalue weighted by Gasteiger charge is 2.28. The van der Waals surface area contributed by atoms with E-state index in [4.69, 9.17) is 0 Å². The first-order valence-corrected chi connectivity index (χ1v) is 8.54. The van der Waals surface area contributed by atoms with Gasteiger partial charge in [0.15, 0.2) is 0 Å². The Labute approximate surface area is 125 Å². The molecule has 0 saturated heterocycles. The molecule has 0 amide bonds. The Balaban J connectivity index is 2.26. The molecule has 0 aromatic heterocycles. The van der Waals surface area contributed by atoms with E-state index in [0.717, 1.165) is 17.7 Å². The van der Waals surface area contributed by atoms with E-state index >= 15 is 0 Å². The molecule has 1 aromatic carbocycles. The van der Waals surface area contributed by atoms with Gasteiger partial charge in [-0.05, 0) is 37.6 Å². The Kier molecular flexibility index (Phi) is 5.13. The third-order valence-electron chi connectivity index (χ3n) is 3.49. The smallest absolute Gasteiger partial charge is 0.246 e. The van der Waals surface area contributed by atoms with Crippen molar-refractivity contribution in [3.8, 4) is 0 Å².